The smallest absolute Gasteiger partial charge is 0.224 e. The van der Waals surface area contributed by atoms with E-state index in [4.69, 9.17) is 1.41 Å². The van der Waals surface area contributed by atoms with Crippen molar-refractivity contribution in [2.75, 3.05) is 26.2 Å². The molecule has 0 spiro atoms. The number of amides is 1. The van der Waals surface area contributed by atoms with Gasteiger partial charge in [0.15, 0.2) is 5.78 Å². The topological polar surface area (TPSA) is 118 Å². The van der Waals surface area contributed by atoms with Gasteiger partial charge in [-0.2, -0.15) is 0 Å². The van der Waals surface area contributed by atoms with Gasteiger partial charge in [-0.3, -0.25) is 19.2 Å². The van der Waals surface area contributed by atoms with E-state index in [0.717, 1.165) is 66.8 Å². The summed E-state index contributed by atoms with van der Waals surface area (Å²) in [6.07, 6.45) is 7.56. The van der Waals surface area contributed by atoms with Crippen molar-refractivity contribution < 1.29 is 20.6 Å². The molecule has 0 aromatic heterocycles. The van der Waals surface area contributed by atoms with Crippen LogP contribution in [0.15, 0.2) is 66.7 Å². The highest BCUT2D eigenvalue weighted by Crippen LogP contribution is 2.31. The highest BCUT2D eigenvalue weighted by atomic mass is 16.2. The summed E-state index contributed by atoms with van der Waals surface area (Å²) in [5, 5.41) is 8.71. The molecule has 276 valence electrons. The summed E-state index contributed by atoms with van der Waals surface area (Å²) < 4.78 is 7.50. The lowest BCUT2D eigenvalue weighted by molar-refractivity contribution is -0.129. The zero-order valence-corrected chi connectivity index (χ0v) is 31.3. The molecule has 1 aliphatic rings. The van der Waals surface area contributed by atoms with Gasteiger partial charge in [-0.25, -0.2) is 0 Å². The van der Waals surface area contributed by atoms with Gasteiger partial charge in [0.2, 0.25) is 5.91 Å². The molecule has 7 heteroatoms. The molecule has 0 aliphatic heterocycles. The minimum atomic E-state index is -0.307. The molecule has 51 heavy (non-hydrogen) atoms. The van der Waals surface area contributed by atoms with Gasteiger partial charge in [0.25, 0.3) is 0 Å². The van der Waals surface area contributed by atoms with Gasteiger partial charge in [-0.05, 0) is 104 Å². The number of carbonyl (C=O) groups excluding carboxylic acids is 4. The minimum absolute atomic E-state index is 0.0288. The summed E-state index contributed by atoms with van der Waals surface area (Å²) in [6.45, 7) is 9.86. The Morgan fingerprint density at radius 2 is 1.55 bits per heavy atom. The average Bonchev–Trinajstić information content (AvgIpc) is 3.14. The van der Waals surface area contributed by atoms with Gasteiger partial charge >= 0.3 is 0 Å². The molecular weight excluding hydrogens is 635 g/mol. The van der Waals surface area contributed by atoms with Gasteiger partial charge in [0.05, 0.1) is 12.5 Å². The quantitative estimate of drug-likeness (QED) is 0.0945. The second kappa shape index (κ2) is 20.4. The molecule has 3 aromatic carbocycles. The molecule has 3 atom stereocenters. The monoisotopic (exact) mass is 696 g/mol. The summed E-state index contributed by atoms with van der Waals surface area (Å²) in [5.41, 5.74) is 5.85. The maximum Gasteiger partial charge on any atom is 0.224 e. The lowest BCUT2D eigenvalue weighted by Gasteiger charge is -2.29. The fourth-order valence-electron chi connectivity index (χ4n) is 7.43. The van der Waals surface area contributed by atoms with Crippen molar-refractivity contribution in [3.05, 3.63) is 83.4 Å². The number of hydrogen-bond donors (Lipinski definition) is 3. The van der Waals surface area contributed by atoms with Crippen molar-refractivity contribution in [2.24, 2.45) is 35.3 Å². The zero-order chi connectivity index (χ0) is 37.5. The van der Waals surface area contributed by atoms with E-state index in [0.29, 0.717) is 50.9 Å². The number of fused-ring (bicyclic) bond motifs is 1. The van der Waals surface area contributed by atoms with Crippen LogP contribution in [-0.2, 0) is 32.0 Å². The normalized spacial score (nSPS) is 18.2. The summed E-state index contributed by atoms with van der Waals surface area (Å²) >= 11 is 0. The number of unbranched alkanes of at least 4 members (excludes halogenated alkanes) is 1. The number of ketones is 3. The van der Waals surface area contributed by atoms with E-state index in [2.05, 4.69) is 84.8 Å². The van der Waals surface area contributed by atoms with Crippen molar-refractivity contribution in [3.8, 4) is 0 Å². The van der Waals surface area contributed by atoms with Gasteiger partial charge < -0.3 is 16.4 Å². The van der Waals surface area contributed by atoms with Crippen LogP contribution >= 0.6 is 0 Å². The van der Waals surface area contributed by atoms with Gasteiger partial charge in [-0.15, -0.1) is 0 Å². The first kappa shape index (κ1) is 38.5. The molecule has 1 amide bonds. The first-order chi connectivity index (χ1) is 25.0. The van der Waals surface area contributed by atoms with E-state index in [1.54, 1.807) is 6.92 Å². The van der Waals surface area contributed by atoms with E-state index in [1.165, 1.54) is 5.56 Å². The third-order valence-electron chi connectivity index (χ3n) is 10.9. The molecule has 7 nitrogen and oxygen atoms in total. The number of hydrogen-bond acceptors (Lipinski definition) is 6. The van der Waals surface area contributed by atoms with Crippen LogP contribution in [-0.4, -0.2) is 49.4 Å². The van der Waals surface area contributed by atoms with Crippen LogP contribution in [0.1, 0.15) is 102 Å². The Bertz CT molecular complexity index is 1600. The van der Waals surface area contributed by atoms with Gasteiger partial charge in [0.1, 0.15) is 13.0 Å². The van der Waals surface area contributed by atoms with Crippen LogP contribution in [0.4, 0.5) is 0 Å². The molecule has 1 saturated carbocycles. The molecular formula is C44H61N3O4. The standard InChI is InChI=1S/C44H61N3O4/c1-30(2)23-33-12-17-36(18-13-33)31(3)43(50)29-46-22-8-7-11-40(27-45)44(51)47-28-34-14-20-38(21-15-34)42(49)26-41(32(4)48)25-35-16-19-37-9-5-6-10-39(37)24-35/h5-6,9-10,12-13,16-19,24,30-31,34,38,40-41,46H,7-8,11,14-15,20-23,25-29,45H2,1-4H3,(H,47,51)/i/hD. The molecule has 0 heterocycles. The third-order valence-corrected chi connectivity index (χ3v) is 10.9. The average molecular weight is 697 g/mol. The van der Waals surface area contributed by atoms with Crippen LogP contribution in [0.2, 0.25) is 1.41 Å². The summed E-state index contributed by atoms with van der Waals surface area (Å²) in [5.74, 6) is 0.522. The van der Waals surface area contributed by atoms with Crippen LogP contribution in [0.3, 0.4) is 0 Å². The Morgan fingerprint density at radius 3 is 2.24 bits per heavy atom. The fourth-order valence-corrected chi connectivity index (χ4v) is 7.43. The second-order valence-corrected chi connectivity index (χ2v) is 15.4. The third kappa shape index (κ3) is 12.8. The molecule has 3 aromatic rings. The summed E-state index contributed by atoms with van der Waals surface area (Å²) in [4.78, 5) is 51.7. The van der Waals surface area contributed by atoms with Crippen LogP contribution in [0, 0.1) is 29.6 Å². The summed E-state index contributed by atoms with van der Waals surface area (Å²) in [7, 11) is 0. The molecule has 1 fully saturated rings. The van der Waals surface area contributed by atoms with Crippen LogP contribution < -0.4 is 16.4 Å². The van der Waals surface area contributed by atoms with Crippen molar-refractivity contribution in [2.45, 2.75) is 97.8 Å². The van der Waals surface area contributed by atoms with E-state index in [9.17, 15) is 19.2 Å². The molecule has 4 rings (SSSR count). The van der Waals surface area contributed by atoms with Crippen molar-refractivity contribution >= 4 is 34.0 Å². The van der Waals surface area contributed by atoms with Gasteiger partial charge in [0, 0.05) is 37.3 Å². The number of nitrogens with two attached hydrogens (primary N) is 1. The SMILES string of the molecule is [2H]NCC(CCCCNCC(=O)C(C)c1ccc(CC(C)C)cc1)C(=O)NCC1CCC(C(=O)CC(Cc2ccc3ccccc3c2)C(C)=O)CC1. The molecule has 3 unspecified atom stereocenters. The van der Waals surface area contributed by atoms with E-state index in [-0.39, 0.29) is 53.3 Å². The summed E-state index contributed by atoms with van der Waals surface area (Å²) in [6, 6.07) is 22.8. The van der Waals surface area contributed by atoms with Crippen LogP contribution in [0.5, 0.6) is 0 Å². The Kier molecular flexibility index (Phi) is 15.4. The number of nitrogens with one attached hydrogen (secondary N) is 2. The Balaban J connectivity index is 1.11. The largest absolute Gasteiger partial charge is 0.356 e. The van der Waals surface area contributed by atoms with Crippen LogP contribution in [0.25, 0.3) is 10.8 Å². The number of rotatable bonds is 22. The maximum atomic E-state index is 13.3. The lowest BCUT2D eigenvalue weighted by atomic mass is 9.77. The molecule has 0 saturated heterocycles. The van der Waals surface area contributed by atoms with Crippen molar-refractivity contribution in [1.29, 1.82) is 0 Å². The van der Waals surface area contributed by atoms with E-state index >= 15 is 0 Å². The first-order valence-electron chi connectivity index (χ1n) is 19.8. The predicted octanol–water partition coefficient (Wildman–Crippen LogP) is 7.38. The molecule has 0 radical (unpaired) electrons. The lowest BCUT2D eigenvalue weighted by Crippen LogP contribution is -2.39. The Morgan fingerprint density at radius 1 is 0.843 bits per heavy atom. The maximum absolute atomic E-state index is 13.3. The minimum Gasteiger partial charge on any atom is -0.356 e. The Hall–Kier alpha value is -3.68. The Labute approximate surface area is 307 Å². The van der Waals surface area contributed by atoms with Crippen molar-refractivity contribution in [3.63, 3.8) is 0 Å². The van der Waals surface area contributed by atoms with E-state index in [1.807, 2.05) is 19.1 Å². The van der Waals surface area contributed by atoms with Gasteiger partial charge in [-0.1, -0.05) is 93.9 Å². The number of benzene rings is 3. The zero-order valence-electron chi connectivity index (χ0n) is 32.3. The highest BCUT2D eigenvalue weighted by Gasteiger charge is 2.30. The van der Waals surface area contributed by atoms with E-state index < -0.39 is 0 Å². The van der Waals surface area contributed by atoms with Crippen molar-refractivity contribution in [1.82, 2.24) is 10.6 Å². The highest BCUT2D eigenvalue weighted by molar-refractivity contribution is 5.89. The molecule has 4 N–H and O–H groups in total. The first-order valence-corrected chi connectivity index (χ1v) is 19.3. The number of Topliss-reactive ketones (excluding diaryl/α,β-unsaturated/α-hetero) is 3. The number of carbonyl (C=O) groups is 4. The molecule has 0 bridgehead atoms. The fraction of sp³-hybridized carbons (Fsp3) is 0.545. The second-order valence-electron chi connectivity index (χ2n) is 15.4. The molecule has 1 aliphatic carbocycles. The predicted molar refractivity (Wildman–Crippen MR) is 208 cm³/mol.